The fourth-order valence-corrected chi connectivity index (χ4v) is 3.18. The Hall–Kier alpha value is -0.690. The summed E-state index contributed by atoms with van der Waals surface area (Å²) in [5.74, 6) is -0.397. The molecule has 1 fully saturated rings. The van der Waals surface area contributed by atoms with Crippen LogP contribution in [0.1, 0.15) is 12.0 Å². The van der Waals surface area contributed by atoms with E-state index in [9.17, 15) is 12.8 Å². The van der Waals surface area contributed by atoms with Crippen molar-refractivity contribution in [3.63, 3.8) is 0 Å². The van der Waals surface area contributed by atoms with E-state index in [0.29, 0.717) is 12.1 Å². The molecule has 1 unspecified atom stereocenters. The number of nitrogens with one attached hydrogen (secondary N) is 2. The van der Waals surface area contributed by atoms with Crippen molar-refractivity contribution in [2.45, 2.75) is 24.3 Å². The topological polar surface area (TPSA) is 58.2 Å². The predicted octanol–water partition coefficient (Wildman–Crippen LogP) is 1.20. The summed E-state index contributed by atoms with van der Waals surface area (Å²) in [6.45, 7) is 3.00. The van der Waals surface area contributed by atoms with Gasteiger partial charge in [-0.2, -0.15) is 0 Å². The molecule has 1 aliphatic heterocycles. The molecule has 0 aliphatic carbocycles. The highest BCUT2D eigenvalue weighted by Gasteiger charge is 2.22. The van der Waals surface area contributed by atoms with Crippen LogP contribution in [0.25, 0.3) is 0 Å². The Labute approximate surface area is 112 Å². The molecule has 2 N–H and O–H groups in total. The summed E-state index contributed by atoms with van der Waals surface area (Å²) in [4.78, 5) is 0.114. The van der Waals surface area contributed by atoms with Crippen molar-refractivity contribution < 1.29 is 12.8 Å². The first-order valence-corrected chi connectivity index (χ1v) is 6.96. The van der Waals surface area contributed by atoms with E-state index < -0.39 is 15.8 Å². The molecule has 4 nitrogen and oxygen atoms in total. The second kappa shape index (κ2) is 5.97. The number of sulfonamides is 1. The Morgan fingerprint density at radius 3 is 2.72 bits per heavy atom. The van der Waals surface area contributed by atoms with E-state index >= 15 is 0 Å². The van der Waals surface area contributed by atoms with Gasteiger partial charge in [0.1, 0.15) is 5.82 Å². The Morgan fingerprint density at radius 1 is 1.44 bits per heavy atom. The van der Waals surface area contributed by atoms with Crippen LogP contribution in [0, 0.1) is 12.7 Å². The third-order valence-corrected chi connectivity index (χ3v) is 4.34. The monoisotopic (exact) mass is 294 g/mol. The molecule has 1 aromatic rings. The number of aryl methyl sites for hydroxylation is 1. The number of halogens is 2. The molecule has 1 aromatic carbocycles. The van der Waals surface area contributed by atoms with Gasteiger partial charge in [0.2, 0.25) is 10.0 Å². The van der Waals surface area contributed by atoms with E-state index in [2.05, 4.69) is 10.0 Å². The zero-order chi connectivity index (χ0) is 12.5. The van der Waals surface area contributed by atoms with Crippen LogP contribution in [0.2, 0.25) is 0 Å². The second-order valence-corrected chi connectivity index (χ2v) is 5.94. The molecule has 1 saturated heterocycles. The molecule has 2 rings (SSSR count). The average molecular weight is 295 g/mol. The molecule has 7 heteroatoms. The molecule has 1 atom stereocenters. The van der Waals surface area contributed by atoms with E-state index in [4.69, 9.17) is 0 Å². The Bertz CT molecular complexity index is 516. The van der Waals surface area contributed by atoms with E-state index in [-0.39, 0.29) is 23.3 Å². The van der Waals surface area contributed by atoms with Crippen LogP contribution in [0.3, 0.4) is 0 Å². The first-order valence-electron chi connectivity index (χ1n) is 5.48. The lowest BCUT2D eigenvalue weighted by Gasteiger charge is -2.12. The molecular formula is C11H16ClFN2O2S. The summed E-state index contributed by atoms with van der Waals surface area (Å²) in [5, 5.41) is 3.08. The summed E-state index contributed by atoms with van der Waals surface area (Å²) in [5.41, 5.74) is 0.331. The lowest BCUT2D eigenvalue weighted by atomic mass is 10.2. The van der Waals surface area contributed by atoms with Gasteiger partial charge < -0.3 is 5.32 Å². The Kier molecular flexibility index (Phi) is 5.10. The van der Waals surface area contributed by atoms with Gasteiger partial charge in [-0.3, -0.25) is 0 Å². The summed E-state index contributed by atoms with van der Waals surface area (Å²) in [6.07, 6.45) is 0.777. The smallest absolute Gasteiger partial charge is 0.240 e. The first-order chi connectivity index (χ1) is 7.99. The van der Waals surface area contributed by atoms with Crippen LogP contribution in [0.5, 0.6) is 0 Å². The van der Waals surface area contributed by atoms with E-state index in [1.807, 2.05) is 0 Å². The molecule has 1 aliphatic rings. The SMILES string of the molecule is Cc1cc(S(=O)(=O)NC2CCNC2)ccc1F.Cl. The molecule has 1 heterocycles. The molecule has 18 heavy (non-hydrogen) atoms. The zero-order valence-electron chi connectivity index (χ0n) is 9.94. The largest absolute Gasteiger partial charge is 0.315 e. The minimum absolute atomic E-state index is 0. The van der Waals surface area contributed by atoms with Gasteiger partial charge in [0.25, 0.3) is 0 Å². The van der Waals surface area contributed by atoms with Gasteiger partial charge in [-0.1, -0.05) is 0 Å². The molecule has 0 spiro atoms. The third-order valence-electron chi connectivity index (χ3n) is 2.82. The first kappa shape index (κ1) is 15.4. The van der Waals surface area contributed by atoms with Crippen molar-refractivity contribution in [1.82, 2.24) is 10.0 Å². The standard InChI is InChI=1S/C11H15FN2O2S.ClH/c1-8-6-10(2-3-11(8)12)17(15,16)14-9-4-5-13-7-9;/h2-3,6,9,13-14H,4-5,7H2,1H3;1H. The van der Waals surface area contributed by atoms with Gasteiger partial charge in [-0.05, 0) is 43.7 Å². The van der Waals surface area contributed by atoms with Gasteiger partial charge in [-0.25, -0.2) is 17.5 Å². The molecule has 0 aromatic heterocycles. The van der Waals surface area contributed by atoms with Gasteiger partial charge in [0, 0.05) is 12.6 Å². The third kappa shape index (κ3) is 3.41. The highest BCUT2D eigenvalue weighted by molar-refractivity contribution is 7.89. The van der Waals surface area contributed by atoms with Crippen LogP contribution >= 0.6 is 12.4 Å². The quantitative estimate of drug-likeness (QED) is 0.881. The van der Waals surface area contributed by atoms with E-state index in [1.54, 1.807) is 6.92 Å². The summed E-state index contributed by atoms with van der Waals surface area (Å²) < 4.78 is 39.7. The molecule has 0 radical (unpaired) electrons. The van der Waals surface area contributed by atoms with Crippen molar-refractivity contribution >= 4 is 22.4 Å². The van der Waals surface area contributed by atoms with E-state index in [0.717, 1.165) is 13.0 Å². The van der Waals surface area contributed by atoms with Crippen molar-refractivity contribution in [3.8, 4) is 0 Å². The average Bonchev–Trinajstić information content (AvgIpc) is 2.73. The highest BCUT2D eigenvalue weighted by atomic mass is 35.5. The van der Waals surface area contributed by atoms with Gasteiger partial charge in [-0.15, -0.1) is 12.4 Å². The second-order valence-electron chi connectivity index (χ2n) is 4.22. The number of hydrogen-bond acceptors (Lipinski definition) is 3. The molecule has 102 valence electrons. The lowest BCUT2D eigenvalue weighted by molar-refractivity contribution is 0.559. The van der Waals surface area contributed by atoms with Gasteiger partial charge in [0.15, 0.2) is 0 Å². The van der Waals surface area contributed by atoms with Crippen molar-refractivity contribution in [3.05, 3.63) is 29.6 Å². The molecular weight excluding hydrogens is 279 g/mol. The number of benzene rings is 1. The maximum Gasteiger partial charge on any atom is 0.240 e. The fourth-order valence-electron chi connectivity index (χ4n) is 1.83. The fraction of sp³-hybridized carbons (Fsp3) is 0.455. The highest BCUT2D eigenvalue weighted by Crippen LogP contribution is 2.15. The van der Waals surface area contributed by atoms with Gasteiger partial charge >= 0.3 is 0 Å². The predicted molar refractivity (Wildman–Crippen MR) is 70.0 cm³/mol. The maximum atomic E-state index is 13.1. The van der Waals surface area contributed by atoms with Crippen molar-refractivity contribution in [1.29, 1.82) is 0 Å². The van der Waals surface area contributed by atoms with Crippen LogP contribution in [-0.4, -0.2) is 27.5 Å². The summed E-state index contributed by atoms with van der Waals surface area (Å²) in [7, 11) is -3.54. The Balaban J connectivity index is 0.00000162. The molecule has 0 bridgehead atoms. The normalized spacial score (nSPS) is 19.6. The van der Waals surface area contributed by atoms with Gasteiger partial charge in [0.05, 0.1) is 4.90 Å². The molecule has 0 amide bonds. The summed E-state index contributed by atoms with van der Waals surface area (Å²) in [6, 6.07) is 3.73. The number of rotatable bonds is 3. The summed E-state index contributed by atoms with van der Waals surface area (Å²) >= 11 is 0. The van der Waals surface area contributed by atoms with Crippen LogP contribution in [0.4, 0.5) is 4.39 Å². The maximum absolute atomic E-state index is 13.1. The minimum Gasteiger partial charge on any atom is -0.315 e. The van der Waals surface area contributed by atoms with Crippen LogP contribution < -0.4 is 10.0 Å². The minimum atomic E-state index is -3.54. The van der Waals surface area contributed by atoms with Crippen molar-refractivity contribution in [2.75, 3.05) is 13.1 Å². The van der Waals surface area contributed by atoms with Crippen molar-refractivity contribution in [2.24, 2.45) is 0 Å². The van der Waals surface area contributed by atoms with Crippen LogP contribution in [-0.2, 0) is 10.0 Å². The van der Waals surface area contributed by atoms with Crippen LogP contribution in [0.15, 0.2) is 23.1 Å². The molecule has 0 saturated carbocycles. The lowest BCUT2D eigenvalue weighted by Crippen LogP contribution is -2.36. The number of hydrogen-bond donors (Lipinski definition) is 2. The zero-order valence-corrected chi connectivity index (χ0v) is 11.6. The Morgan fingerprint density at radius 2 is 2.17 bits per heavy atom. The van der Waals surface area contributed by atoms with E-state index in [1.165, 1.54) is 18.2 Å².